The maximum Gasteiger partial charge on any atom is 0.327 e. The van der Waals surface area contributed by atoms with E-state index in [0.717, 1.165) is 36.1 Å². The average Bonchev–Trinajstić information content (AvgIpc) is 3.03. The highest BCUT2D eigenvalue weighted by molar-refractivity contribution is 7.89. The van der Waals surface area contributed by atoms with Gasteiger partial charge in [0.1, 0.15) is 11.9 Å². The van der Waals surface area contributed by atoms with Crippen LogP contribution >= 0.6 is 0 Å². The summed E-state index contributed by atoms with van der Waals surface area (Å²) in [6.45, 7) is 0.628. The van der Waals surface area contributed by atoms with Gasteiger partial charge >= 0.3 is 5.97 Å². The van der Waals surface area contributed by atoms with Gasteiger partial charge in [0, 0.05) is 13.0 Å². The summed E-state index contributed by atoms with van der Waals surface area (Å²) in [5.74, 6) is -2.93. The van der Waals surface area contributed by atoms with Crippen LogP contribution < -0.4 is 4.72 Å². The lowest BCUT2D eigenvalue weighted by molar-refractivity contribution is -0.157. The number of carbonyl (C=O) groups is 3. The molecule has 1 aliphatic heterocycles. The van der Waals surface area contributed by atoms with E-state index in [-0.39, 0.29) is 23.8 Å². The summed E-state index contributed by atoms with van der Waals surface area (Å²) in [5, 5.41) is 9.72. The van der Waals surface area contributed by atoms with Gasteiger partial charge in [0.2, 0.25) is 15.9 Å². The van der Waals surface area contributed by atoms with Crippen molar-refractivity contribution in [3.8, 4) is 0 Å². The van der Waals surface area contributed by atoms with Crippen LogP contribution in [0.3, 0.4) is 0 Å². The summed E-state index contributed by atoms with van der Waals surface area (Å²) in [5.41, 5.74) is 0. The standard InChI is InChI=1S/C16H19FN2O7S/c1-10(20)15(18-27(24,25)12-6-4-11(17)5-7-12)16(23)26-9-14(22)19-8-2-3-13(19)21/h4-7,10,15,18,20H,2-3,8-9H2,1H3/t10-,15+/m1/s1. The highest BCUT2D eigenvalue weighted by Crippen LogP contribution is 2.13. The van der Waals surface area contributed by atoms with Crippen LogP contribution in [-0.2, 0) is 29.1 Å². The van der Waals surface area contributed by atoms with Gasteiger partial charge in [-0.2, -0.15) is 4.72 Å². The van der Waals surface area contributed by atoms with Crippen LogP contribution in [0.2, 0.25) is 0 Å². The normalized spacial score (nSPS) is 16.9. The fraction of sp³-hybridized carbons (Fsp3) is 0.438. The van der Waals surface area contributed by atoms with Gasteiger partial charge in [0.25, 0.3) is 5.91 Å². The van der Waals surface area contributed by atoms with Crippen molar-refractivity contribution in [3.05, 3.63) is 30.1 Å². The minimum atomic E-state index is -4.26. The molecule has 0 saturated carbocycles. The summed E-state index contributed by atoms with van der Waals surface area (Å²) in [6.07, 6.45) is -0.726. The minimum absolute atomic E-state index is 0.228. The van der Waals surface area contributed by atoms with Crippen molar-refractivity contribution in [2.24, 2.45) is 0 Å². The molecule has 2 rings (SSSR count). The van der Waals surface area contributed by atoms with E-state index in [0.29, 0.717) is 6.42 Å². The van der Waals surface area contributed by atoms with Crippen LogP contribution in [0.5, 0.6) is 0 Å². The van der Waals surface area contributed by atoms with Crippen LogP contribution in [0, 0.1) is 5.82 Å². The molecule has 1 aromatic carbocycles. The third-order valence-electron chi connectivity index (χ3n) is 3.85. The van der Waals surface area contributed by atoms with Crippen LogP contribution in [0.1, 0.15) is 19.8 Å². The molecule has 0 radical (unpaired) electrons. The van der Waals surface area contributed by atoms with Crippen molar-refractivity contribution in [2.75, 3.05) is 13.2 Å². The Morgan fingerprint density at radius 3 is 2.48 bits per heavy atom. The first-order valence-corrected chi connectivity index (χ1v) is 9.56. The number of sulfonamides is 1. The van der Waals surface area contributed by atoms with Gasteiger partial charge < -0.3 is 9.84 Å². The summed E-state index contributed by atoms with van der Waals surface area (Å²) in [4.78, 5) is 36.1. The van der Waals surface area contributed by atoms with Crippen LogP contribution in [0.25, 0.3) is 0 Å². The Morgan fingerprint density at radius 1 is 1.33 bits per heavy atom. The summed E-state index contributed by atoms with van der Waals surface area (Å²) >= 11 is 0. The molecule has 0 aliphatic carbocycles. The van der Waals surface area contributed by atoms with E-state index in [2.05, 4.69) is 0 Å². The number of rotatable bonds is 7. The Hall–Kier alpha value is -2.37. The molecule has 2 amide bonds. The van der Waals surface area contributed by atoms with E-state index in [9.17, 15) is 32.3 Å². The molecule has 1 saturated heterocycles. The molecule has 1 heterocycles. The third-order valence-corrected chi connectivity index (χ3v) is 5.31. The number of carbonyl (C=O) groups excluding carboxylic acids is 3. The molecule has 0 bridgehead atoms. The number of nitrogens with one attached hydrogen (secondary N) is 1. The maximum atomic E-state index is 12.9. The van der Waals surface area contributed by atoms with Crippen molar-refractivity contribution in [3.63, 3.8) is 0 Å². The second kappa shape index (κ2) is 8.55. The molecule has 9 nitrogen and oxygen atoms in total. The third kappa shape index (κ3) is 5.31. The average molecular weight is 402 g/mol. The number of nitrogens with zero attached hydrogens (tertiary/aromatic N) is 1. The molecule has 0 spiro atoms. The molecule has 148 valence electrons. The lowest BCUT2D eigenvalue weighted by Crippen LogP contribution is -2.49. The van der Waals surface area contributed by atoms with Gasteiger partial charge in [-0.15, -0.1) is 0 Å². The molecule has 27 heavy (non-hydrogen) atoms. The second-order valence-corrected chi connectivity index (χ2v) is 7.66. The summed E-state index contributed by atoms with van der Waals surface area (Å²) in [6, 6.07) is 2.14. The number of imide groups is 1. The molecule has 1 aliphatic rings. The van der Waals surface area contributed by atoms with Gasteiger partial charge in [0.15, 0.2) is 6.61 Å². The molecule has 2 N–H and O–H groups in total. The van der Waals surface area contributed by atoms with E-state index in [1.54, 1.807) is 0 Å². The van der Waals surface area contributed by atoms with E-state index in [1.165, 1.54) is 0 Å². The fourth-order valence-electron chi connectivity index (χ4n) is 2.40. The number of amides is 2. The predicted octanol–water partition coefficient (Wildman–Crippen LogP) is -0.454. The van der Waals surface area contributed by atoms with Gasteiger partial charge in [0.05, 0.1) is 11.0 Å². The van der Waals surface area contributed by atoms with Crippen molar-refractivity contribution in [1.29, 1.82) is 0 Å². The first kappa shape index (κ1) is 20.9. The van der Waals surface area contributed by atoms with Gasteiger partial charge in [-0.05, 0) is 37.6 Å². The predicted molar refractivity (Wildman–Crippen MR) is 89.1 cm³/mol. The number of esters is 1. The molecule has 11 heteroatoms. The van der Waals surface area contributed by atoms with E-state index in [1.807, 2.05) is 4.72 Å². The van der Waals surface area contributed by atoms with Gasteiger partial charge in [-0.1, -0.05) is 0 Å². The maximum absolute atomic E-state index is 12.9. The zero-order valence-electron chi connectivity index (χ0n) is 14.4. The molecular weight excluding hydrogens is 383 g/mol. The molecule has 0 unspecified atom stereocenters. The number of ether oxygens (including phenoxy) is 1. The zero-order chi connectivity index (χ0) is 20.2. The zero-order valence-corrected chi connectivity index (χ0v) is 15.2. The smallest absolute Gasteiger partial charge is 0.327 e. The molecule has 0 aromatic heterocycles. The Morgan fingerprint density at radius 2 is 1.96 bits per heavy atom. The van der Waals surface area contributed by atoms with Gasteiger partial charge in [-0.3, -0.25) is 19.3 Å². The number of aliphatic hydroxyl groups is 1. The van der Waals surface area contributed by atoms with Crippen molar-refractivity contribution in [1.82, 2.24) is 9.62 Å². The van der Waals surface area contributed by atoms with E-state index < -0.39 is 46.5 Å². The summed E-state index contributed by atoms with van der Waals surface area (Å²) in [7, 11) is -4.26. The summed E-state index contributed by atoms with van der Waals surface area (Å²) < 4.78 is 44.2. The van der Waals surface area contributed by atoms with Crippen LogP contribution in [-0.4, -0.2) is 61.5 Å². The number of likely N-dealkylation sites (tertiary alicyclic amines) is 1. The topological polar surface area (TPSA) is 130 Å². The van der Waals surface area contributed by atoms with E-state index in [4.69, 9.17) is 4.74 Å². The number of halogens is 1. The van der Waals surface area contributed by atoms with Crippen LogP contribution in [0.4, 0.5) is 4.39 Å². The highest BCUT2D eigenvalue weighted by atomic mass is 32.2. The van der Waals surface area contributed by atoms with Crippen molar-refractivity contribution in [2.45, 2.75) is 36.8 Å². The Balaban J connectivity index is 2.03. The molecule has 1 aromatic rings. The lowest BCUT2D eigenvalue weighted by atomic mass is 10.2. The first-order valence-electron chi connectivity index (χ1n) is 8.07. The number of aliphatic hydroxyl groups excluding tert-OH is 1. The highest BCUT2D eigenvalue weighted by Gasteiger charge is 2.33. The SMILES string of the molecule is C[C@@H](O)[C@H](NS(=O)(=O)c1ccc(F)cc1)C(=O)OCC(=O)N1CCCC1=O. The Bertz CT molecular complexity index is 824. The second-order valence-electron chi connectivity index (χ2n) is 5.94. The molecule has 2 atom stereocenters. The number of hydrogen-bond acceptors (Lipinski definition) is 7. The van der Waals surface area contributed by atoms with Gasteiger partial charge in [-0.25, -0.2) is 12.8 Å². The monoisotopic (exact) mass is 402 g/mol. The first-order chi connectivity index (χ1) is 12.6. The largest absolute Gasteiger partial charge is 0.454 e. The Labute approximate surface area is 155 Å². The number of benzene rings is 1. The van der Waals surface area contributed by atoms with Crippen LogP contribution in [0.15, 0.2) is 29.2 Å². The molecular formula is C16H19FN2O7S. The van der Waals surface area contributed by atoms with Crippen molar-refractivity contribution < 1.29 is 37.0 Å². The minimum Gasteiger partial charge on any atom is -0.454 e. The van der Waals surface area contributed by atoms with Crippen molar-refractivity contribution >= 4 is 27.8 Å². The fourth-order valence-corrected chi connectivity index (χ4v) is 3.66. The lowest BCUT2D eigenvalue weighted by Gasteiger charge is -2.20. The number of hydrogen-bond donors (Lipinski definition) is 2. The van der Waals surface area contributed by atoms with E-state index >= 15 is 0 Å². The Kier molecular flexibility index (Phi) is 6.63. The molecule has 1 fully saturated rings. The quantitative estimate of drug-likeness (QED) is 0.591.